The second kappa shape index (κ2) is 12.0. The second-order valence-corrected chi connectivity index (χ2v) is 6.75. The number of aromatic nitrogens is 2. The number of anilines is 1. The smallest absolute Gasteiger partial charge is 0.251 e. The number of hydrogen-bond acceptors (Lipinski definition) is 7. The van der Waals surface area contributed by atoms with E-state index < -0.39 is 11.8 Å². The molecule has 0 radical (unpaired) electrons. The van der Waals surface area contributed by atoms with E-state index >= 15 is 0 Å². The lowest BCUT2D eigenvalue weighted by molar-refractivity contribution is -0.115. The number of amides is 2. The minimum atomic E-state index is -0.438. The maximum Gasteiger partial charge on any atom is 0.251 e. The molecular weight excluding hydrogens is 424 g/mol. The topological polar surface area (TPSA) is 112 Å². The molecule has 0 atom stereocenters. The van der Waals surface area contributed by atoms with Gasteiger partial charge in [0.25, 0.3) is 5.91 Å². The Kier molecular flexibility index (Phi) is 8.58. The van der Waals surface area contributed by atoms with Gasteiger partial charge in [0.2, 0.25) is 5.91 Å². The minimum Gasteiger partial charge on any atom is -0.490 e. The van der Waals surface area contributed by atoms with Crippen LogP contribution in [0.1, 0.15) is 29.8 Å². The molecule has 0 saturated heterocycles. The maximum absolute atomic E-state index is 12.5. The highest BCUT2D eigenvalue weighted by atomic mass is 16.5. The SMILES string of the molecule is CCOc1ccc(C(=O)NCC(=O)Nc2ncccc2OCc2ccncc2)cc1OCC. The van der Waals surface area contributed by atoms with Crippen LogP contribution in [0.4, 0.5) is 5.82 Å². The van der Waals surface area contributed by atoms with Gasteiger partial charge in [-0.1, -0.05) is 0 Å². The predicted molar refractivity (Wildman–Crippen MR) is 123 cm³/mol. The van der Waals surface area contributed by atoms with Gasteiger partial charge in [-0.25, -0.2) is 4.98 Å². The molecule has 2 aromatic heterocycles. The first kappa shape index (κ1) is 23.5. The molecule has 0 aliphatic carbocycles. The van der Waals surface area contributed by atoms with Gasteiger partial charge in [0.05, 0.1) is 19.8 Å². The summed E-state index contributed by atoms with van der Waals surface area (Å²) in [5, 5.41) is 5.26. The van der Waals surface area contributed by atoms with Gasteiger partial charge in [-0.3, -0.25) is 14.6 Å². The van der Waals surface area contributed by atoms with Crippen LogP contribution in [0.5, 0.6) is 17.2 Å². The molecule has 3 rings (SSSR count). The fourth-order valence-electron chi connectivity index (χ4n) is 2.87. The van der Waals surface area contributed by atoms with E-state index in [0.717, 1.165) is 5.56 Å². The molecule has 9 heteroatoms. The molecule has 33 heavy (non-hydrogen) atoms. The van der Waals surface area contributed by atoms with Gasteiger partial charge in [-0.15, -0.1) is 0 Å². The number of hydrogen-bond donors (Lipinski definition) is 2. The van der Waals surface area contributed by atoms with Crippen LogP contribution in [-0.2, 0) is 11.4 Å². The predicted octanol–water partition coefficient (Wildman–Crippen LogP) is 3.22. The number of rotatable bonds is 11. The number of pyridine rings is 2. The summed E-state index contributed by atoms with van der Waals surface area (Å²) in [6, 6.07) is 12.0. The Morgan fingerprint density at radius 3 is 2.39 bits per heavy atom. The summed E-state index contributed by atoms with van der Waals surface area (Å²) >= 11 is 0. The summed E-state index contributed by atoms with van der Waals surface area (Å²) in [5.74, 6) is 0.868. The molecule has 2 N–H and O–H groups in total. The first-order valence-electron chi connectivity index (χ1n) is 10.5. The zero-order valence-corrected chi connectivity index (χ0v) is 18.5. The first-order valence-corrected chi connectivity index (χ1v) is 10.5. The summed E-state index contributed by atoms with van der Waals surface area (Å²) in [4.78, 5) is 33.1. The molecule has 172 valence electrons. The van der Waals surface area contributed by atoms with Gasteiger partial charge in [0.15, 0.2) is 23.1 Å². The molecule has 0 spiro atoms. The number of ether oxygens (including phenoxy) is 3. The van der Waals surface area contributed by atoms with Crippen molar-refractivity contribution in [2.24, 2.45) is 0 Å². The van der Waals surface area contributed by atoms with E-state index in [9.17, 15) is 9.59 Å². The highest BCUT2D eigenvalue weighted by Gasteiger charge is 2.14. The molecule has 2 amide bonds. The van der Waals surface area contributed by atoms with Crippen molar-refractivity contribution < 1.29 is 23.8 Å². The van der Waals surface area contributed by atoms with E-state index in [1.165, 1.54) is 0 Å². The quantitative estimate of drug-likeness (QED) is 0.461. The van der Waals surface area contributed by atoms with Gasteiger partial charge in [0, 0.05) is 24.2 Å². The zero-order chi connectivity index (χ0) is 23.5. The Labute approximate surface area is 192 Å². The molecule has 0 aliphatic rings. The van der Waals surface area contributed by atoms with E-state index in [2.05, 4.69) is 20.6 Å². The fraction of sp³-hybridized carbons (Fsp3) is 0.250. The van der Waals surface area contributed by atoms with Gasteiger partial charge in [-0.2, -0.15) is 0 Å². The molecule has 1 aromatic carbocycles. The van der Waals surface area contributed by atoms with Crippen molar-refractivity contribution in [1.82, 2.24) is 15.3 Å². The summed E-state index contributed by atoms with van der Waals surface area (Å²) in [7, 11) is 0. The molecule has 0 saturated carbocycles. The maximum atomic E-state index is 12.5. The second-order valence-electron chi connectivity index (χ2n) is 6.75. The van der Waals surface area contributed by atoms with Crippen LogP contribution in [-0.4, -0.2) is 41.5 Å². The summed E-state index contributed by atoms with van der Waals surface area (Å²) in [6.45, 7) is 4.69. The average molecular weight is 450 g/mol. The van der Waals surface area contributed by atoms with Gasteiger partial charge < -0.3 is 24.8 Å². The molecular formula is C24H26N4O5. The summed E-state index contributed by atoms with van der Waals surface area (Å²) < 4.78 is 16.8. The lowest BCUT2D eigenvalue weighted by Gasteiger charge is -2.13. The van der Waals surface area contributed by atoms with Crippen molar-refractivity contribution in [1.29, 1.82) is 0 Å². The number of carbonyl (C=O) groups is 2. The van der Waals surface area contributed by atoms with Crippen molar-refractivity contribution in [2.75, 3.05) is 25.1 Å². The Balaban J connectivity index is 1.57. The first-order chi connectivity index (χ1) is 16.1. The van der Waals surface area contributed by atoms with Crippen molar-refractivity contribution in [3.8, 4) is 17.2 Å². The molecule has 3 aromatic rings. The lowest BCUT2D eigenvalue weighted by atomic mass is 10.2. The molecule has 0 aliphatic heterocycles. The van der Waals surface area contributed by atoms with E-state index in [4.69, 9.17) is 14.2 Å². The van der Waals surface area contributed by atoms with Crippen LogP contribution >= 0.6 is 0 Å². The normalized spacial score (nSPS) is 10.2. The largest absolute Gasteiger partial charge is 0.490 e. The van der Waals surface area contributed by atoms with Crippen molar-refractivity contribution >= 4 is 17.6 Å². The van der Waals surface area contributed by atoms with Crippen molar-refractivity contribution in [3.63, 3.8) is 0 Å². The van der Waals surface area contributed by atoms with E-state index in [1.807, 2.05) is 26.0 Å². The van der Waals surface area contributed by atoms with E-state index in [1.54, 1.807) is 48.9 Å². The molecule has 2 heterocycles. The third-order valence-electron chi connectivity index (χ3n) is 4.39. The summed E-state index contributed by atoms with van der Waals surface area (Å²) in [6.07, 6.45) is 4.90. The van der Waals surface area contributed by atoms with Gasteiger partial charge in [-0.05, 0) is 61.9 Å². The number of carbonyl (C=O) groups excluding carboxylic acids is 2. The molecule has 0 unspecified atom stereocenters. The fourth-order valence-corrected chi connectivity index (χ4v) is 2.87. The molecule has 0 fully saturated rings. The van der Waals surface area contributed by atoms with Crippen LogP contribution in [0.2, 0.25) is 0 Å². The van der Waals surface area contributed by atoms with E-state index in [-0.39, 0.29) is 12.4 Å². The molecule has 9 nitrogen and oxygen atoms in total. The molecule has 0 bridgehead atoms. The number of benzene rings is 1. The lowest BCUT2D eigenvalue weighted by Crippen LogP contribution is -2.33. The average Bonchev–Trinajstić information content (AvgIpc) is 2.84. The van der Waals surface area contributed by atoms with Crippen molar-refractivity contribution in [3.05, 3.63) is 72.2 Å². The highest BCUT2D eigenvalue weighted by Crippen LogP contribution is 2.28. The zero-order valence-electron chi connectivity index (χ0n) is 18.5. The monoisotopic (exact) mass is 450 g/mol. The number of nitrogens with zero attached hydrogens (tertiary/aromatic N) is 2. The van der Waals surface area contributed by atoms with Crippen molar-refractivity contribution in [2.45, 2.75) is 20.5 Å². The third kappa shape index (κ3) is 6.93. The Morgan fingerprint density at radius 1 is 0.879 bits per heavy atom. The van der Waals surface area contributed by atoms with Gasteiger partial charge >= 0.3 is 0 Å². The van der Waals surface area contributed by atoms with Crippen LogP contribution in [0.15, 0.2) is 61.1 Å². The standard InChI is InChI=1S/C24H26N4O5/c1-3-31-19-8-7-18(14-21(19)32-4-2)24(30)27-15-22(29)28-23-20(6-5-11-26-23)33-16-17-9-12-25-13-10-17/h5-14H,3-4,15-16H2,1-2H3,(H,27,30)(H,26,28,29). The van der Waals surface area contributed by atoms with Crippen LogP contribution in [0, 0.1) is 0 Å². The highest BCUT2D eigenvalue weighted by molar-refractivity contribution is 5.99. The third-order valence-corrected chi connectivity index (χ3v) is 4.39. The minimum absolute atomic E-state index is 0.240. The van der Waals surface area contributed by atoms with Gasteiger partial charge in [0.1, 0.15) is 6.61 Å². The Bertz CT molecular complexity index is 1080. The van der Waals surface area contributed by atoms with Crippen LogP contribution in [0.3, 0.4) is 0 Å². The van der Waals surface area contributed by atoms with E-state index in [0.29, 0.717) is 42.6 Å². The summed E-state index contributed by atoms with van der Waals surface area (Å²) in [5.41, 5.74) is 1.29. The number of nitrogens with one attached hydrogen (secondary N) is 2. The van der Waals surface area contributed by atoms with Crippen LogP contribution in [0.25, 0.3) is 0 Å². The van der Waals surface area contributed by atoms with Crippen LogP contribution < -0.4 is 24.8 Å². The Hall–Kier alpha value is -4.14. The Morgan fingerprint density at radius 2 is 1.64 bits per heavy atom.